The number of rotatable bonds is 7. The zero-order valence-corrected chi connectivity index (χ0v) is 20.4. The molecule has 0 unspecified atom stereocenters. The van der Waals surface area contributed by atoms with Crippen LogP contribution in [-0.4, -0.2) is 25.2 Å². The van der Waals surface area contributed by atoms with Gasteiger partial charge in [-0.1, -0.05) is 63.4 Å². The molecular formula is C22H19BrCl2N2O3S. The zero-order valence-electron chi connectivity index (χ0n) is 16.5. The van der Waals surface area contributed by atoms with Gasteiger partial charge in [0, 0.05) is 26.8 Å². The Kier molecular flexibility index (Phi) is 7.78. The topological polar surface area (TPSA) is 66.5 Å². The van der Waals surface area contributed by atoms with Gasteiger partial charge in [-0.3, -0.25) is 4.79 Å². The fourth-order valence-electron chi connectivity index (χ4n) is 2.83. The number of nitrogens with zero attached hydrogens (tertiary/aromatic N) is 1. The van der Waals surface area contributed by atoms with Crippen LogP contribution in [0.15, 0.2) is 76.1 Å². The van der Waals surface area contributed by atoms with E-state index >= 15 is 0 Å². The molecule has 0 heterocycles. The van der Waals surface area contributed by atoms with Crippen LogP contribution >= 0.6 is 39.1 Å². The Hall–Kier alpha value is -1.90. The van der Waals surface area contributed by atoms with Gasteiger partial charge in [0.15, 0.2) is 0 Å². The highest BCUT2D eigenvalue weighted by atomic mass is 79.9. The van der Waals surface area contributed by atoms with E-state index < -0.39 is 22.5 Å². The largest absolute Gasteiger partial charge is 0.325 e. The predicted molar refractivity (Wildman–Crippen MR) is 128 cm³/mol. The van der Waals surface area contributed by atoms with E-state index in [-0.39, 0.29) is 11.4 Å². The minimum absolute atomic E-state index is 0.0554. The lowest BCUT2D eigenvalue weighted by atomic mass is 10.2. The van der Waals surface area contributed by atoms with E-state index in [1.54, 1.807) is 54.6 Å². The van der Waals surface area contributed by atoms with Crippen molar-refractivity contribution in [1.29, 1.82) is 0 Å². The van der Waals surface area contributed by atoms with Crippen molar-refractivity contribution < 1.29 is 13.2 Å². The van der Waals surface area contributed by atoms with Crippen LogP contribution in [0.3, 0.4) is 0 Å². The second-order valence-corrected chi connectivity index (χ2v) is 10.5. The molecule has 0 radical (unpaired) electrons. The van der Waals surface area contributed by atoms with E-state index in [1.165, 1.54) is 12.1 Å². The van der Waals surface area contributed by atoms with Crippen LogP contribution < -0.4 is 5.32 Å². The monoisotopic (exact) mass is 540 g/mol. The van der Waals surface area contributed by atoms with Crippen molar-refractivity contribution in [3.05, 3.63) is 92.4 Å². The van der Waals surface area contributed by atoms with Crippen LogP contribution in [0.5, 0.6) is 0 Å². The Morgan fingerprint density at radius 3 is 2.32 bits per heavy atom. The molecule has 5 nitrogen and oxygen atoms in total. The van der Waals surface area contributed by atoms with Gasteiger partial charge < -0.3 is 5.32 Å². The minimum Gasteiger partial charge on any atom is -0.325 e. The summed E-state index contributed by atoms with van der Waals surface area (Å²) in [5.74, 6) is -0.493. The molecule has 3 aromatic rings. The predicted octanol–water partition coefficient (Wildman–Crippen LogP) is 5.89. The summed E-state index contributed by atoms with van der Waals surface area (Å²) in [6, 6.07) is 18.3. The van der Waals surface area contributed by atoms with Crippen molar-refractivity contribution in [2.24, 2.45) is 0 Å². The van der Waals surface area contributed by atoms with Crippen LogP contribution in [0.2, 0.25) is 10.0 Å². The average Bonchev–Trinajstić information content (AvgIpc) is 2.72. The van der Waals surface area contributed by atoms with Gasteiger partial charge in [-0.15, -0.1) is 0 Å². The van der Waals surface area contributed by atoms with Gasteiger partial charge >= 0.3 is 0 Å². The summed E-state index contributed by atoms with van der Waals surface area (Å²) >= 11 is 15.7. The van der Waals surface area contributed by atoms with Gasteiger partial charge in [-0.2, -0.15) is 4.31 Å². The Bertz CT molecular complexity index is 1200. The van der Waals surface area contributed by atoms with Crippen molar-refractivity contribution in [1.82, 2.24) is 4.31 Å². The van der Waals surface area contributed by atoms with Crippen LogP contribution in [0.4, 0.5) is 5.69 Å². The second kappa shape index (κ2) is 10.1. The molecule has 0 bridgehead atoms. The van der Waals surface area contributed by atoms with Gasteiger partial charge in [0.25, 0.3) is 0 Å². The molecule has 0 spiro atoms. The van der Waals surface area contributed by atoms with Gasteiger partial charge in [0.2, 0.25) is 15.9 Å². The summed E-state index contributed by atoms with van der Waals surface area (Å²) in [6.07, 6.45) is 0. The molecule has 31 heavy (non-hydrogen) atoms. The van der Waals surface area contributed by atoms with Gasteiger partial charge in [0.1, 0.15) is 0 Å². The molecule has 0 aromatic heterocycles. The summed E-state index contributed by atoms with van der Waals surface area (Å²) in [6.45, 7) is 1.40. The lowest BCUT2D eigenvalue weighted by Crippen LogP contribution is -2.37. The minimum atomic E-state index is -3.97. The number of hydrogen-bond acceptors (Lipinski definition) is 3. The highest BCUT2D eigenvalue weighted by Crippen LogP contribution is 2.24. The number of carbonyl (C=O) groups is 1. The summed E-state index contributed by atoms with van der Waals surface area (Å²) in [5.41, 5.74) is 1.95. The third-order valence-corrected chi connectivity index (χ3v) is 7.64. The van der Waals surface area contributed by atoms with Gasteiger partial charge in [-0.05, 0) is 60.5 Å². The molecule has 162 valence electrons. The van der Waals surface area contributed by atoms with E-state index in [0.717, 1.165) is 14.3 Å². The van der Waals surface area contributed by atoms with Crippen LogP contribution in [0, 0.1) is 6.92 Å². The lowest BCUT2D eigenvalue weighted by Gasteiger charge is -2.22. The molecule has 3 rings (SSSR count). The highest BCUT2D eigenvalue weighted by molar-refractivity contribution is 9.10. The zero-order chi connectivity index (χ0) is 22.6. The number of sulfonamides is 1. The van der Waals surface area contributed by atoms with Crippen LogP contribution in [0.1, 0.15) is 11.1 Å². The molecular weight excluding hydrogens is 523 g/mol. The van der Waals surface area contributed by atoms with Gasteiger partial charge in [-0.25, -0.2) is 8.42 Å². The Morgan fingerprint density at radius 2 is 1.68 bits per heavy atom. The quantitative estimate of drug-likeness (QED) is 0.405. The number of nitrogens with one attached hydrogen (secondary N) is 1. The van der Waals surface area contributed by atoms with Gasteiger partial charge in [0.05, 0.1) is 11.4 Å². The van der Waals surface area contributed by atoms with E-state index in [4.69, 9.17) is 23.2 Å². The van der Waals surface area contributed by atoms with Crippen LogP contribution in [0.25, 0.3) is 0 Å². The molecule has 9 heteroatoms. The lowest BCUT2D eigenvalue weighted by molar-refractivity contribution is -0.116. The molecule has 1 amide bonds. The normalized spacial score (nSPS) is 11.5. The number of carbonyl (C=O) groups excluding carboxylic acids is 1. The molecule has 3 aromatic carbocycles. The van der Waals surface area contributed by atoms with E-state index in [2.05, 4.69) is 21.2 Å². The first kappa shape index (κ1) is 23.8. The molecule has 0 saturated carbocycles. The Balaban J connectivity index is 1.89. The Labute approximate surface area is 200 Å². The third kappa shape index (κ3) is 6.08. The SMILES string of the molecule is Cc1ccc(NC(=O)CN(Cc2ccccc2Cl)S(=O)(=O)c2ccc(Br)cc2)cc1Cl. The first-order valence-corrected chi connectivity index (χ1v) is 12.2. The maximum absolute atomic E-state index is 13.3. The fourth-order valence-corrected chi connectivity index (χ4v) is 4.84. The van der Waals surface area contributed by atoms with Crippen molar-refractivity contribution >= 4 is 60.7 Å². The molecule has 0 atom stereocenters. The van der Waals surface area contributed by atoms with Crippen molar-refractivity contribution in [2.45, 2.75) is 18.4 Å². The molecule has 1 N–H and O–H groups in total. The highest BCUT2D eigenvalue weighted by Gasteiger charge is 2.27. The number of amides is 1. The van der Waals surface area contributed by atoms with Crippen LogP contribution in [-0.2, 0) is 21.4 Å². The first-order valence-electron chi connectivity index (χ1n) is 9.22. The maximum atomic E-state index is 13.3. The number of halogens is 3. The smallest absolute Gasteiger partial charge is 0.243 e. The molecule has 0 aliphatic carbocycles. The van der Waals surface area contributed by atoms with E-state index in [1.807, 2.05) is 6.92 Å². The first-order chi connectivity index (χ1) is 14.7. The summed E-state index contributed by atoms with van der Waals surface area (Å²) in [7, 11) is -3.97. The van der Waals surface area contributed by atoms with Crippen molar-refractivity contribution in [3.8, 4) is 0 Å². The summed E-state index contributed by atoms with van der Waals surface area (Å²) < 4.78 is 28.5. The number of benzene rings is 3. The molecule has 0 aliphatic rings. The average molecular weight is 542 g/mol. The summed E-state index contributed by atoms with van der Waals surface area (Å²) in [4.78, 5) is 12.8. The number of anilines is 1. The third-order valence-electron chi connectivity index (χ3n) is 4.53. The number of hydrogen-bond donors (Lipinski definition) is 1. The van der Waals surface area contributed by atoms with Crippen molar-refractivity contribution in [3.63, 3.8) is 0 Å². The fraction of sp³-hybridized carbons (Fsp3) is 0.136. The molecule has 0 aliphatic heterocycles. The molecule has 0 fully saturated rings. The summed E-state index contributed by atoms with van der Waals surface area (Å²) in [5, 5.41) is 3.63. The number of aryl methyl sites for hydroxylation is 1. The second-order valence-electron chi connectivity index (χ2n) is 6.83. The standard InChI is InChI=1S/C22H19BrCl2N2O3S/c1-15-6-9-18(12-21(15)25)26-22(28)14-27(13-16-4-2-3-5-20(16)24)31(29,30)19-10-7-17(23)8-11-19/h2-12H,13-14H2,1H3,(H,26,28). The maximum Gasteiger partial charge on any atom is 0.243 e. The van der Waals surface area contributed by atoms with Crippen molar-refractivity contribution in [2.75, 3.05) is 11.9 Å². The molecule has 0 saturated heterocycles. The van der Waals surface area contributed by atoms with E-state index in [9.17, 15) is 13.2 Å². The Morgan fingerprint density at radius 1 is 1.00 bits per heavy atom. The van der Waals surface area contributed by atoms with E-state index in [0.29, 0.717) is 21.3 Å².